The van der Waals surface area contributed by atoms with Crippen LogP contribution in [0.15, 0.2) is 67.0 Å². The van der Waals surface area contributed by atoms with Crippen LogP contribution in [0.4, 0.5) is 0 Å². The van der Waals surface area contributed by atoms with Crippen LogP contribution in [0.25, 0.3) is 11.6 Å². The summed E-state index contributed by atoms with van der Waals surface area (Å²) in [7, 11) is -3.71. The molecule has 0 radical (unpaired) electrons. The Labute approximate surface area is 141 Å². The van der Waals surface area contributed by atoms with E-state index in [2.05, 4.69) is 6.58 Å². The molecule has 0 fully saturated rings. The average Bonchev–Trinajstić information content (AvgIpc) is 2.60. The Balaban J connectivity index is 2.12. The maximum absolute atomic E-state index is 12.4. The molecular weight excluding hydrogens is 323 g/mol. The number of ketones is 1. The van der Waals surface area contributed by atoms with Gasteiger partial charge in [-0.05, 0) is 24.1 Å². The van der Waals surface area contributed by atoms with Crippen molar-refractivity contribution < 1.29 is 18.8 Å². The van der Waals surface area contributed by atoms with Crippen molar-refractivity contribution >= 4 is 25.0 Å². The lowest BCUT2D eigenvalue weighted by molar-refractivity contribution is 0.105. The van der Waals surface area contributed by atoms with E-state index in [0.29, 0.717) is 16.7 Å². The monoisotopic (exact) mass is 342 g/mol. The molecule has 0 aromatic heterocycles. The Kier molecular flexibility index (Phi) is 6.04. The first kappa shape index (κ1) is 18.1. The molecule has 0 aliphatic rings. The van der Waals surface area contributed by atoms with Gasteiger partial charge in [-0.2, -0.15) is 0 Å². The number of Topliss-reactive ketones (excluding diaryl/α,β-unsaturated/α-hetero) is 1. The second-order valence-corrected chi connectivity index (χ2v) is 6.78. The molecule has 0 spiro atoms. The van der Waals surface area contributed by atoms with E-state index >= 15 is 0 Å². The standard InChI is InChI=1S/C19H19O4P/c1-3-23-24(21,22)14-13-16-9-11-18(12-10-16)19(20)15(2)17-7-5-4-6-8-17/h4-14H,2-3H2,1H3,(H,21,22)/b14-13+. The van der Waals surface area contributed by atoms with Gasteiger partial charge in [0.15, 0.2) is 5.78 Å². The molecule has 1 N–H and O–H groups in total. The Bertz CT molecular complexity index is 792. The summed E-state index contributed by atoms with van der Waals surface area (Å²) < 4.78 is 16.3. The average molecular weight is 342 g/mol. The van der Waals surface area contributed by atoms with Crippen LogP contribution in [0, 0.1) is 0 Å². The molecule has 0 aliphatic heterocycles. The summed E-state index contributed by atoms with van der Waals surface area (Å²) in [6.45, 7) is 5.67. The minimum absolute atomic E-state index is 0.154. The van der Waals surface area contributed by atoms with Gasteiger partial charge in [0.05, 0.1) is 6.61 Å². The van der Waals surface area contributed by atoms with E-state index in [1.807, 2.05) is 30.3 Å². The van der Waals surface area contributed by atoms with Gasteiger partial charge in [0.2, 0.25) is 0 Å². The van der Waals surface area contributed by atoms with Crippen molar-refractivity contribution in [1.29, 1.82) is 0 Å². The van der Waals surface area contributed by atoms with Crippen molar-refractivity contribution in [3.8, 4) is 0 Å². The first-order valence-electron chi connectivity index (χ1n) is 7.48. The van der Waals surface area contributed by atoms with E-state index < -0.39 is 7.60 Å². The van der Waals surface area contributed by atoms with Crippen LogP contribution in [-0.2, 0) is 9.09 Å². The minimum atomic E-state index is -3.71. The fourth-order valence-corrected chi connectivity index (χ4v) is 2.92. The number of carbonyl (C=O) groups is 1. The van der Waals surface area contributed by atoms with Gasteiger partial charge in [-0.25, -0.2) is 0 Å². The van der Waals surface area contributed by atoms with Gasteiger partial charge in [0.25, 0.3) is 0 Å². The van der Waals surface area contributed by atoms with Crippen LogP contribution >= 0.6 is 7.60 Å². The lowest BCUT2D eigenvalue weighted by atomic mass is 9.98. The fourth-order valence-electron chi connectivity index (χ4n) is 2.10. The number of carbonyl (C=O) groups excluding carboxylic acids is 1. The normalized spacial score (nSPS) is 13.6. The molecule has 24 heavy (non-hydrogen) atoms. The molecular formula is C19H19O4P. The fraction of sp³-hybridized carbons (Fsp3) is 0.105. The summed E-state index contributed by atoms with van der Waals surface area (Å²) >= 11 is 0. The quantitative estimate of drug-likeness (QED) is 0.447. The summed E-state index contributed by atoms with van der Waals surface area (Å²) in [5.41, 5.74) is 2.42. The third-order valence-electron chi connectivity index (χ3n) is 3.34. The highest BCUT2D eigenvalue weighted by atomic mass is 31.2. The molecule has 2 aromatic carbocycles. The van der Waals surface area contributed by atoms with E-state index in [1.54, 1.807) is 31.2 Å². The Morgan fingerprint density at radius 3 is 2.33 bits per heavy atom. The van der Waals surface area contributed by atoms with E-state index in [9.17, 15) is 14.3 Å². The molecule has 0 saturated heterocycles. The van der Waals surface area contributed by atoms with Crippen LogP contribution in [0.3, 0.4) is 0 Å². The van der Waals surface area contributed by atoms with Crippen LogP contribution in [-0.4, -0.2) is 17.3 Å². The van der Waals surface area contributed by atoms with Gasteiger partial charge in [0.1, 0.15) is 0 Å². The lowest BCUT2D eigenvalue weighted by Gasteiger charge is -2.06. The van der Waals surface area contributed by atoms with Gasteiger partial charge in [-0.1, -0.05) is 61.2 Å². The molecule has 5 heteroatoms. The van der Waals surface area contributed by atoms with Crippen LogP contribution in [0.2, 0.25) is 0 Å². The summed E-state index contributed by atoms with van der Waals surface area (Å²) in [5.74, 6) is 0.981. The van der Waals surface area contributed by atoms with E-state index in [1.165, 1.54) is 6.08 Å². The molecule has 0 saturated carbocycles. The van der Waals surface area contributed by atoms with E-state index in [-0.39, 0.29) is 12.4 Å². The molecule has 4 nitrogen and oxygen atoms in total. The molecule has 2 rings (SSSR count). The molecule has 0 aliphatic carbocycles. The third-order valence-corrected chi connectivity index (χ3v) is 4.49. The van der Waals surface area contributed by atoms with Gasteiger partial charge >= 0.3 is 7.60 Å². The summed E-state index contributed by atoms with van der Waals surface area (Å²) in [4.78, 5) is 21.9. The van der Waals surface area contributed by atoms with Gasteiger partial charge in [0, 0.05) is 17.0 Å². The lowest BCUT2D eigenvalue weighted by Crippen LogP contribution is -2.01. The number of benzene rings is 2. The van der Waals surface area contributed by atoms with Crippen LogP contribution in [0.1, 0.15) is 28.4 Å². The summed E-state index contributed by atoms with van der Waals surface area (Å²) in [5, 5.41) is 0. The van der Waals surface area contributed by atoms with Crippen molar-refractivity contribution in [2.24, 2.45) is 0 Å². The van der Waals surface area contributed by atoms with Gasteiger partial charge in [-0.15, -0.1) is 0 Å². The zero-order chi connectivity index (χ0) is 17.6. The first-order chi connectivity index (χ1) is 11.4. The second kappa shape index (κ2) is 8.02. The number of hydrogen-bond acceptors (Lipinski definition) is 3. The van der Waals surface area contributed by atoms with Gasteiger partial charge in [-0.3, -0.25) is 9.36 Å². The predicted octanol–water partition coefficient (Wildman–Crippen LogP) is 4.78. The molecule has 2 aromatic rings. The first-order valence-corrected chi connectivity index (χ1v) is 9.13. The number of allylic oxidation sites excluding steroid dienone is 1. The highest BCUT2D eigenvalue weighted by Gasteiger charge is 2.13. The molecule has 1 atom stereocenters. The molecule has 0 heterocycles. The van der Waals surface area contributed by atoms with Crippen molar-refractivity contribution in [3.05, 3.63) is 83.7 Å². The largest absolute Gasteiger partial charge is 0.351 e. The topological polar surface area (TPSA) is 63.6 Å². The van der Waals surface area contributed by atoms with Crippen LogP contribution < -0.4 is 0 Å². The van der Waals surface area contributed by atoms with Gasteiger partial charge < -0.3 is 9.42 Å². The van der Waals surface area contributed by atoms with E-state index in [4.69, 9.17) is 4.52 Å². The maximum atomic E-state index is 12.4. The molecule has 0 amide bonds. The predicted molar refractivity (Wildman–Crippen MR) is 96.7 cm³/mol. The Morgan fingerprint density at radius 2 is 1.75 bits per heavy atom. The maximum Gasteiger partial charge on any atom is 0.351 e. The molecule has 1 unspecified atom stereocenters. The molecule has 0 bridgehead atoms. The SMILES string of the molecule is C=C(C(=O)c1ccc(/C=C/P(=O)(O)OCC)cc1)c1ccccc1. The van der Waals surface area contributed by atoms with Crippen molar-refractivity contribution in [1.82, 2.24) is 0 Å². The Hall–Kier alpha value is -2.26. The summed E-state index contributed by atoms with van der Waals surface area (Å²) in [6.07, 6.45) is 1.50. The zero-order valence-corrected chi connectivity index (χ0v) is 14.3. The smallest absolute Gasteiger partial charge is 0.321 e. The Morgan fingerprint density at radius 1 is 1.12 bits per heavy atom. The highest BCUT2D eigenvalue weighted by Crippen LogP contribution is 2.43. The third kappa shape index (κ3) is 4.87. The second-order valence-electron chi connectivity index (χ2n) is 5.09. The number of rotatable bonds is 7. The van der Waals surface area contributed by atoms with Crippen LogP contribution in [0.5, 0.6) is 0 Å². The highest BCUT2D eigenvalue weighted by molar-refractivity contribution is 7.56. The van der Waals surface area contributed by atoms with E-state index in [0.717, 1.165) is 11.4 Å². The number of hydrogen-bond donors (Lipinski definition) is 1. The summed E-state index contributed by atoms with van der Waals surface area (Å²) in [6, 6.07) is 16.0. The molecule has 124 valence electrons. The van der Waals surface area contributed by atoms with Crippen molar-refractivity contribution in [2.75, 3.05) is 6.61 Å². The van der Waals surface area contributed by atoms with Crippen molar-refractivity contribution in [3.63, 3.8) is 0 Å². The minimum Gasteiger partial charge on any atom is -0.321 e. The zero-order valence-electron chi connectivity index (χ0n) is 13.4. The van der Waals surface area contributed by atoms with Crippen molar-refractivity contribution in [2.45, 2.75) is 6.92 Å².